The van der Waals surface area contributed by atoms with Crippen LogP contribution in [0.25, 0.3) is 0 Å². The topological polar surface area (TPSA) is 26.0 Å². The van der Waals surface area contributed by atoms with E-state index in [1.807, 2.05) is 0 Å². The van der Waals surface area contributed by atoms with Crippen molar-refractivity contribution < 1.29 is 0 Å². The van der Waals surface area contributed by atoms with Crippen LogP contribution in [0.5, 0.6) is 0 Å². The largest absolute Gasteiger partial charge is 0.330 e. The Balaban J connectivity index is 2.08. The standard InChI is InChI=1S/C15H23N/c1-2-4-12-7-9-13(10-8-12)15-6-3-5-14(15)11-16/h7-10,14-15H,2-6,11,16H2,1H3. The molecule has 0 heterocycles. The second-order valence-corrected chi connectivity index (χ2v) is 5.02. The Morgan fingerprint density at radius 1 is 1.19 bits per heavy atom. The monoisotopic (exact) mass is 217 g/mol. The molecule has 88 valence electrons. The quantitative estimate of drug-likeness (QED) is 0.821. The summed E-state index contributed by atoms with van der Waals surface area (Å²) >= 11 is 0. The maximum Gasteiger partial charge on any atom is -0.00430 e. The second-order valence-electron chi connectivity index (χ2n) is 5.02. The first-order valence-electron chi connectivity index (χ1n) is 6.64. The molecule has 0 saturated heterocycles. The molecule has 0 spiro atoms. The van der Waals surface area contributed by atoms with Gasteiger partial charge in [0.05, 0.1) is 0 Å². The smallest absolute Gasteiger partial charge is 0.00430 e. The average molecular weight is 217 g/mol. The van der Waals surface area contributed by atoms with Gasteiger partial charge in [-0.2, -0.15) is 0 Å². The lowest BCUT2D eigenvalue weighted by Gasteiger charge is -2.18. The van der Waals surface area contributed by atoms with E-state index in [-0.39, 0.29) is 0 Å². The lowest BCUT2D eigenvalue weighted by Crippen LogP contribution is -2.17. The molecule has 16 heavy (non-hydrogen) atoms. The number of benzene rings is 1. The minimum atomic E-state index is 0.719. The maximum absolute atomic E-state index is 5.84. The van der Waals surface area contributed by atoms with Crippen LogP contribution in [-0.4, -0.2) is 6.54 Å². The van der Waals surface area contributed by atoms with Crippen LogP contribution in [0.3, 0.4) is 0 Å². The van der Waals surface area contributed by atoms with Crippen LogP contribution in [0, 0.1) is 5.92 Å². The molecular weight excluding hydrogens is 194 g/mol. The Bertz CT molecular complexity index is 315. The van der Waals surface area contributed by atoms with E-state index in [9.17, 15) is 0 Å². The molecule has 1 aliphatic rings. The van der Waals surface area contributed by atoms with Crippen LogP contribution in [0.15, 0.2) is 24.3 Å². The van der Waals surface area contributed by atoms with Gasteiger partial charge in [0, 0.05) is 0 Å². The minimum Gasteiger partial charge on any atom is -0.330 e. The molecule has 0 aliphatic heterocycles. The highest BCUT2D eigenvalue weighted by atomic mass is 14.6. The van der Waals surface area contributed by atoms with E-state index in [1.165, 1.54) is 43.2 Å². The lowest BCUT2D eigenvalue weighted by atomic mass is 9.88. The zero-order valence-electron chi connectivity index (χ0n) is 10.3. The molecule has 2 unspecified atom stereocenters. The Hall–Kier alpha value is -0.820. The van der Waals surface area contributed by atoms with Crippen molar-refractivity contribution in [3.05, 3.63) is 35.4 Å². The molecule has 0 amide bonds. The maximum atomic E-state index is 5.84. The summed E-state index contributed by atoms with van der Waals surface area (Å²) in [7, 11) is 0. The first kappa shape index (κ1) is 11.7. The average Bonchev–Trinajstić information content (AvgIpc) is 2.78. The third-order valence-corrected chi connectivity index (χ3v) is 3.91. The van der Waals surface area contributed by atoms with Crippen molar-refractivity contribution in [2.45, 2.75) is 44.9 Å². The Labute approximate surface area is 99.0 Å². The summed E-state index contributed by atoms with van der Waals surface area (Å²) < 4.78 is 0. The molecule has 2 atom stereocenters. The summed E-state index contributed by atoms with van der Waals surface area (Å²) in [6.07, 6.45) is 6.43. The van der Waals surface area contributed by atoms with Crippen LogP contribution >= 0.6 is 0 Å². The molecule has 2 N–H and O–H groups in total. The van der Waals surface area contributed by atoms with Crippen molar-refractivity contribution in [2.24, 2.45) is 11.7 Å². The fourth-order valence-electron chi connectivity index (χ4n) is 2.98. The Kier molecular flexibility index (Phi) is 4.00. The van der Waals surface area contributed by atoms with E-state index in [0.29, 0.717) is 0 Å². The van der Waals surface area contributed by atoms with Crippen LogP contribution in [0.2, 0.25) is 0 Å². The second kappa shape index (κ2) is 5.49. The van der Waals surface area contributed by atoms with Gasteiger partial charge in [-0.3, -0.25) is 0 Å². The van der Waals surface area contributed by atoms with E-state index >= 15 is 0 Å². The zero-order valence-corrected chi connectivity index (χ0v) is 10.3. The lowest BCUT2D eigenvalue weighted by molar-refractivity contribution is 0.496. The third-order valence-electron chi connectivity index (χ3n) is 3.91. The molecule has 1 aromatic rings. The molecular formula is C15H23N. The predicted molar refractivity (Wildman–Crippen MR) is 69.6 cm³/mol. The zero-order chi connectivity index (χ0) is 11.4. The van der Waals surface area contributed by atoms with Crippen molar-refractivity contribution in [3.8, 4) is 0 Å². The molecule has 2 rings (SSSR count). The van der Waals surface area contributed by atoms with Gasteiger partial charge in [-0.25, -0.2) is 0 Å². The Morgan fingerprint density at radius 3 is 2.56 bits per heavy atom. The number of rotatable bonds is 4. The summed E-state index contributed by atoms with van der Waals surface area (Å²) in [6, 6.07) is 9.24. The van der Waals surface area contributed by atoms with Gasteiger partial charge in [0.1, 0.15) is 0 Å². The number of hydrogen-bond donors (Lipinski definition) is 1. The molecule has 1 aromatic carbocycles. The van der Waals surface area contributed by atoms with Crippen molar-refractivity contribution in [3.63, 3.8) is 0 Å². The highest BCUT2D eigenvalue weighted by molar-refractivity contribution is 5.26. The van der Waals surface area contributed by atoms with Gasteiger partial charge in [0.2, 0.25) is 0 Å². The van der Waals surface area contributed by atoms with E-state index in [1.54, 1.807) is 0 Å². The molecule has 1 nitrogen and oxygen atoms in total. The van der Waals surface area contributed by atoms with E-state index in [2.05, 4.69) is 31.2 Å². The fraction of sp³-hybridized carbons (Fsp3) is 0.600. The summed E-state index contributed by atoms with van der Waals surface area (Å²) in [4.78, 5) is 0. The molecule has 0 bridgehead atoms. The summed E-state index contributed by atoms with van der Waals surface area (Å²) in [5.74, 6) is 1.44. The number of nitrogens with two attached hydrogens (primary N) is 1. The van der Waals surface area contributed by atoms with Crippen LogP contribution < -0.4 is 5.73 Å². The van der Waals surface area contributed by atoms with Gasteiger partial charge in [0.25, 0.3) is 0 Å². The van der Waals surface area contributed by atoms with Gasteiger partial charge in [0.15, 0.2) is 0 Å². The normalized spacial score (nSPS) is 24.9. The van der Waals surface area contributed by atoms with Crippen molar-refractivity contribution in [1.82, 2.24) is 0 Å². The molecule has 0 aromatic heterocycles. The van der Waals surface area contributed by atoms with E-state index in [0.717, 1.165) is 18.4 Å². The van der Waals surface area contributed by atoms with Gasteiger partial charge in [-0.1, -0.05) is 44.0 Å². The Morgan fingerprint density at radius 2 is 1.94 bits per heavy atom. The predicted octanol–water partition coefficient (Wildman–Crippen LogP) is 3.48. The van der Waals surface area contributed by atoms with Gasteiger partial charge >= 0.3 is 0 Å². The SMILES string of the molecule is CCCc1ccc(C2CCCC2CN)cc1. The van der Waals surface area contributed by atoms with E-state index in [4.69, 9.17) is 5.73 Å². The summed E-state index contributed by atoms with van der Waals surface area (Å²) in [5.41, 5.74) is 8.81. The molecule has 0 radical (unpaired) electrons. The molecule has 1 aliphatic carbocycles. The first-order valence-corrected chi connectivity index (χ1v) is 6.64. The van der Waals surface area contributed by atoms with Crippen molar-refractivity contribution in [2.75, 3.05) is 6.54 Å². The van der Waals surface area contributed by atoms with Crippen LogP contribution in [-0.2, 0) is 6.42 Å². The number of hydrogen-bond acceptors (Lipinski definition) is 1. The first-order chi connectivity index (χ1) is 7.85. The van der Waals surface area contributed by atoms with Crippen LogP contribution in [0.1, 0.15) is 49.7 Å². The minimum absolute atomic E-state index is 0.719. The molecule has 1 heteroatoms. The summed E-state index contributed by atoms with van der Waals surface area (Å²) in [5, 5.41) is 0. The van der Waals surface area contributed by atoms with Gasteiger partial charge in [-0.15, -0.1) is 0 Å². The van der Waals surface area contributed by atoms with E-state index < -0.39 is 0 Å². The third kappa shape index (κ3) is 2.46. The van der Waals surface area contributed by atoms with Gasteiger partial charge < -0.3 is 5.73 Å². The van der Waals surface area contributed by atoms with Crippen molar-refractivity contribution >= 4 is 0 Å². The van der Waals surface area contributed by atoms with Crippen molar-refractivity contribution in [1.29, 1.82) is 0 Å². The molecule has 1 saturated carbocycles. The highest BCUT2D eigenvalue weighted by Gasteiger charge is 2.26. The highest BCUT2D eigenvalue weighted by Crippen LogP contribution is 2.38. The molecule has 1 fully saturated rings. The fourth-order valence-corrected chi connectivity index (χ4v) is 2.98. The van der Waals surface area contributed by atoms with Crippen LogP contribution in [0.4, 0.5) is 0 Å². The van der Waals surface area contributed by atoms with Gasteiger partial charge in [-0.05, 0) is 48.8 Å². The summed E-state index contributed by atoms with van der Waals surface area (Å²) in [6.45, 7) is 3.08. The number of aryl methyl sites for hydroxylation is 1.